The number of para-hydroxylation sites is 1. The molecule has 5 aromatic carbocycles. The molecular weight excluding hydrogens is 386 g/mol. The highest BCUT2D eigenvalue weighted by Crippen LogP contribution is 2.40. The summed E-state index contributed by atoms with van der Waals surface area (Å²) in [5.41, 5.74) is 5.94. The average Bonchev–Trinajstić information content (AvgIpc) is 3.14. The van der Waals surface area contributed by atoms with Gasteiger partial charge < -0.3 is 4.57 Å². The van der Waals surface area contributed by atoms with Crippen LogP contribution >= 0.6 is 11.6 Å². The lowest BCUT2D eigenvalue weighted by Gasteiger charge is -2.11. The second kappa shape index (κ2) is 6.76. The highest BCUT2D eigenvalue weighted by molar-refractivity contribution is 6.31. The van der Waals surface area contributed by atoms with Crippen LogP contribution in [0, 0.1) is 0 Å². The van der Waals surface area contributed by atoms with Crippen molar-refractivity contribution < 1.29 is 0 Å². The Balaban J connectivity index is 1.84. The first kappa shape index (κ1) is 17.3. The summed E-state index contributed by atoms with van der Waals surface area (Å²) in [6, 6.07) is 38.4. The monoisotopic (exact) mass is 403 g/mol. The number of hydrogen-bond acceptors (Lipinski definition) is 0. The molecule has 0 aliphatic carbocycles. The van der Waals surface area contributed by atoms with Gasteiger partial charge in [-0.2, -0.15) is 0 Å². The topological polar surface area (TPSA) is 4.93 Å². The van der Waals surface area contributed by atoms with E-state index < -0.39 is 0 Å². The molecule has 0 spiro atoms. The maximum atomic E-state index is 6.35. The molecule has 6 rings (SSSR count). The molecule has 0 radical (unpaired) electrons. The fourth-order valence-electron chi connectivity index (χ4n) is 4.59. The Labute approximate surface area is 179 Å². The van der Waals surface area contributed by atoms with Gasteiger partial charge in [-0.25, -0.2) is 0 Å². The predicted octanol–water partition coefficient (Wildman–Crippen LogP) is 8.26. The summed E-state index contributed by atoms with van der Waals surface area (Å²) in [7, 11) is 0. The second-order valence-electron chi connectivity index (χ2n) is 7.56. The van der Waals surface area contributed by atoms with Crippen molar-refractivity contribution in [2.75, 3.05) is 0 Å². The summed E-state index contributed by atoms with van der Waals surface area (Å²) in [5, 5.41) is 5.81. The van der Waals surface area contributed by atoms with Gasteiger partial charge in [0.2, 0.25) is 0 Å². The quantitative estimate of drug-likeness (QED) is 0.274. The number of aromatic nitrogens is 1. The van der Waals surface area contributed by atoms with Crippen molar-refractivity contribution in [3.8, 4) is 16.8 Å². The third-order valence-electron chi connectivity index (χ3n) is 5.83. The number of nitrogens with zero attached hydrogens (tertiary/aromatic N) is 1. The minimum atomic E-state index is 0.740. The molecule has 0 aliphatic heterocycles. The van der Waals surface area contributed by atoms with Crippen molar-refractivity contribution in [1.29, 1.82) is 0 Å². The van der Waals surface area contributed by atoms with Crippen molar-refractivity contribution in [3.05, 3.63) is 114 Å². The molecule has 6 aromatic rings. The Bertz CT molecular complexity index is 1540. The zero-order chi connectivity index (χ0) is 20.1. The molecule has 0 atom stereocenters. The van der Waals surface area contributed by atoms with E-state index in [1.54, 1.807) is 0 Å². The van der Waals surface area contributed by atoms with E-state index in [-0.39, 0.29) is 0 Å². The molecule has 0 bridgehead atoms. The lowest BCUT2D eigenvalue weighted by atomic mass is 9.94. The molecule has 30 heavy (non-hydrogen) atoms. The van der Waals surface area contributed by atoms with Crippen LogP contribution < -0.4 is 0 Å². The standard InChI is InChI=1S/C28H18ClN/c29-21-11-7-12-22(18-21)30-25-15-5-4-13-24(25)28-26(30)17-16-20-10-6-14-23(27(20)28)19-8-2-1-3-9-19/h1-18H. The number of rotatable bonds is 2. The van der Waals surface area contributed by atoms with E-state index in [0.29, 0.717) is 0 Å². The van der Waals surface area contributed by atoms with Gasteiger partial charge >= 0.3 is 0 Å². The predicted molar refractivity (Wildman–Crippen MR) is 129 cm³/mol. The number of hydrogen-bond donors (Lipinski definition) is 0. The zero-order valence-electron chi connectivity index (χ0n) is 16.2. The maximum Gasteiger partial charge on any atom is 0.0547 e. The van der Waals surface area contributed by atoms with Crippen molar-refractivity contribution in [2.45, 2.75) is 0 Å². The van der Waals surface area contributed by atoms with E-state index >= 15 is 0 Å². The Hall–Kier alpha value is -3.55. The van der Waals surface area contributed by atoms with E-state index in [2.05, 4.69) is 95.6 Å². The fourth-order valence-corrected chi connectivity index (χ4v) is 4.77. The average molecular weight is 404 g/mol. The van der Waals surface area contributed by atoms with Crippen molar-refractivity contribution >= 4 is 44.2 Å². The largest absolute Gasteiger partial charge is 0.309 e. The van der Waals surface area contributed by atoms with Crippen LogP contribution in [0.3, 0.4) is 0 Å². The summed E-state index contributed by atoms with van der Waals surface area (Å²) in [5.74, 6) is 0. The SMILES string of the molecule is Clc1cccc(-n2c3ccccc3c3c4c(-c5ccccc5)cccc4ccc32)c1. The van der Waals surface area contributed by atoms with Gasteiger partial charge in [0.1, 0.15) is 0 Å². The minimum Gasteiger partial charge on any atom is -0.309 e. The van der Waals surface area contributed by atoms with Gasteiger partial charge in [0.15, 0.2) is 0 Å². The van der Waals surface area contributed by atoms with Crippen LogP contribution in [0.25, 0.3) is 49.4 Å². The molecule has 2 heteroatoms. The van der Waals surface area contributed by atoms with Crippen LogP contribution in [0.4, 0.5) is 0 Å². The van der Waals surface area contributed by atoms with Gasteiger partial charge in [0.25, 0.3) is 0 Å². The van der Waals surface area contributed by atoms with Gasteiger partial charge in [0.05, 0.1) is 11.0 Å². The molecule has 0 saturated carbocycles. The first-order valence-corrected chi connectivity index (χ1v) is 10.5. The van der Waals surface area contributed by atoms with E-state index in [0.717, 1.165) is 10.7 Å². The van der Waals surface area contributed by atoms with Crippen LogP contribution in [0.1, 0.15) is 0 Å². The minimum absolute atomic E-state index is 0.740. The van der Waals surface area contributed by atoms with Gasteiger partial charge in [-0.15, -0.1) is 0 Å². The summed E-state index contributed by atoms with van der Waals surface area (Å²) < 4.78 is 2.32. The third-order valence-corrected chi connectivity index (χ3v) is 6.07. The first-order chi connectivity index (χ1) is 14.8. The van der Waals surface area contributed by atoms with E-state index in [1.165, 1.54) is 43.7 Å². The van der Waals surface area contributed by atoms with E-state index in [1.807, 2.05) is 18.2 Å². The van der Waals surface area contributed by atoms with Crippen LogP contribution in [0.5, 0.6) is 0 Å². The highest BCUT2D eigenvalue weighted by Gasteiger charge is 2.16. The molecule has 0 unspecified atom stereocenters. The van der Waals surface area contributed by atoms with Crippen molar-refractivity contribution in [2.24, 2.45) is 0 Å². The molecule has 0 saturated heterocycles. The van der Waals surface area contributed by atoms with Gasteiger partial charge in [0, 0.05) is 21.5 Å². The molecule has 1 nitrogen and oxygen atoms in total. The molecule has 1 heterocycles. The van der Waals surface area contributed by atoms with E-state index in [4.69, 9.17) is 11.6 Å². The van der Waals surface area contributed by atoms with Crippen LogP contribution in [0.2, 0.25) is 5.02 Å². The zero-order valence-corrected chi connectivity index (χ0v) is 17.0. The number of halogens is 1. The van der Waals surface area contributed by atoms with Crippen molar-refractivity contribution in [3.63, 3.8) is 0 Å². The Morgan fingerprint density at radius 2 is 1.37 bits per heavy atom. The summed E-state index contributed by atoms with van der Waals surface area (Å²) in [4.78, 5) is 0. The van der Waals surface area contributed by atoms with Crippen molar-refractivity contribution in [1.82, 2.24) is 4.57 Å². The van der Waals surface area contributed by atoms with Crippen LogP contribution in [0.15, 0.2) is 109 Å². The Kier molecular flexibility index (Phi) is 3.90. The lowest BCUT2D eigenvalue weighted by molar-refractivity contribution is 1.18. The Morgan fingerprint density at radius 1 is 0.567 bits per heavy atom. The van der Waals surface area contributed by atoms with Crippen LogP contribution in [-0.4, -0.2) is 4.57 Å². The summed E-state index contributed by atoms with van der Waals surface area (Å²) >= 11 is 6.35. The van der Waals surface area contributed by atoms with Crippen LogP contribution in [-0.2, 0) is 0 Å². The highest BCUT2D eigenvalue weighted by atomic mass is 35.5. The van der Waals surface area contributed by atoms with Gasteiger partial charge in [-0.05, 0) is 52.2 Å². The second-order valence-corrected chi connectivity index (χ2v) is 8.00. The fraction of sp³-hybridized carbons (Fsp3) is 0. The Morgan fingerprint density at radius 3 is 2.23 bits per heavy atom. The van der Waals surface area contributed by atoms with E-state index in [9.17, 15) is 0 Å². The molecule has 0 fully saturated rings. The number of fused-ring (bicyclic) bond motifs is 5. The lowest BCUT2D eigenvalue weighted by Crippen LogP contribution is -1.93. The normalized spacial score (nSPS) is 11.5. The summed E-state index contributed by atoms with van der Waals surface area (Å²) in [6.45, 7) is 0. The van der Waals surface area contributed by atoms with Gasteiger partial charge in [-0.3, -0.25) is 0 Å². The number of benzene rings is 5. The smallest absolute Gasteiger partial charge is 0.0547 e. The third kappa shape index (κ3) is 2.56. The molecule has 1 aromatic heterocycles. The maximum absolute atomic E-state index is 6.35. The molecular formula is C28H18ClN. The molecule has 0 N–H and O–H groups in total. The molecule has 142 valence electrons. The van der Waals surface area contributed by atoms with Gasteiger partial charge in [-0.1, -0.05) is 90.5 Å². The molecule has 0 amide bonds. The summed E-state index contributed by atoms with van der Waals surface area (Å²) in [6.07, 6.45) is 0. The molecule has 0 aliphatic rings. The first-order valence-electron chi connectivity index (χ1n) is 10.1.